The number of carbonyl (C=O) groups excluding carboxylic acids is 1. The summed E-state index contributed by atoms with van der Waals surface area (Å²) in [5.74, 6) is 2.36. The minimum Gasteiger partial charge on any atom is -0.434 e. The molecule has 0 unspecified atom stereocenters. The third kappa shape index (κ3) is 2.89. The number of alkyl halides is 2. The van der Waals surface area contributed by atoms with Gasteiger partial charge in [0, 0.05) is 17.5 Å². The highest BCUT2D eigenvalue weighted by atomic mass is 19.3. The Morgan fingerprint density at radius 1 is 1.12 bits per heavy atom. The number of para-hydroxylation sites is 1. The normalized spacial score (nSPS) is 33.7. The lowest BCUT2D eigenvalue weighted by molar-refractivity contribution is -0.146. The Morgan fingerprint density at radius 3 is 2.29 bits per heavy atom. The maximum Gasteiger partial charge on any atom is 0.387 e. The Bertz CT molecular complexity index is 596. The van der Waals surface area contributed by atoms with E-state index in [-0.39, 0.29) is 23.6 Å². The molecule has 0 saturated heterocycles. The van der Waals surface area contributed by atoms with E-state index in [4.69, 9.17) is 0 Å². The lowest BCUT2D eigenvalue weighted by Gasteiger charge is -2.55. The molecule has 4 bridgehead atoms. The van der Waals surface area contributed by atoms with Crippen molar-refractivity contribution in [2.24, 2.45) is 23.2 Å². The van der Waals surface area contributed by atoms with Gasteiger partial charge in [0.05, 0.1) is 0 Å². The Kier molecular flexibility index (Phi) is 3.97. The molecule has 1 aromatic carbocycles. The summed E-state index contributed by atoms with van der Waals surface area (Å²) in [5, 5.41) is 3.01. The molecular weight excluding hydrogens is 312 g/mol. The number of hydrogen-bond donors (Lipinski definition) is 1. The monoisotopic (exact) mass is 335 g/mol. The summed E-state index contributed by atoms with van der Waals surface area (Å²) in [4.78, 5) is 12.9. The highest BCUT2D eigenvalue weighted by Gasteiger charge is 2.54. The number of carbonyl (C=O) groups is 1. The first kappa shape index (κ1) is 15.9. The predicted octanol–water partition coefficient (Wildman–Crippen LogP) is 4.12. The molecule has 4 aliphatic carbocycles. The molecule has 130 valence electrons. The van der Waals surface area contributed by atoms with Gasteiger partial charge in [-0.25, -0.2) is 0 Å². The van der Waals surface area contributed by atoms with E-state index in [1.165, 1.54) is 25.3 Å². The number of nitrogens with one attached hydrogen (secondary N) is 1. The van der Waals surface area contributed by atoms with Crippen LogP contribution in [-0.4, -0.2) is 12.5 Å². The van der Waals surface area contributed by atoms with E-state index in [2.05, 4.69) is 10.1 Å². The van der Waals surface area contributed by atoms with E-state index in [9.17, 15) is 13.6 Å². The lowest BCUT2D eigenvalue weighted by Crippen LogP contribution is -2.53. The number of benzene rings is 1. The van der Waals surface area contributed by atoms with Gasteiger partial charge < -0.3 is 10.1 Å². The van der Waals surface area contributed by atoms with E-state index in [1.807, 2.05) is 0 Å². The van der Waals surface area contributed by atoms with Crippen molar-refractivity contribution in [2.45, 2.75) is 51.7 Å². The maximum atomic E-state index is 12.9. The average Bonchev–Trinajstić information content (AvgIpc) is 2.52. The molecule has 0 aromatic heterocycles. The van der Waals surface area contributed by atoms with Crippen LogP contribution in [0.1, 0.15) is 44.1 Å². The topological polar surface area (TPSA) is 38.3 Å². The molecule has 3 nitrogen and oxygen atoms in total. The van der Waals surface area contributed by atoms with Crippen molar-refractivity contribution in [1.29, 1.82) is 0 Å². The fourth-order valence-electron chi connectivity index (χ4n) is 5.61. The Morgan fingerprint density at radius 2 is 1.71 bits per heavy atom. The van der Waals surface area contributed by atoms with Crippen LogP contribution in [0, 0.1) is 23.2 Å². The van der Waals surface area contributed by atoms with Crippen LogP contribution >= 0.6 is 0 Å². The summed E-state index contributed by atoms with van der Waals surface area (Å²) in [6.45, 7) is -2.62. The fraction of sp³-hybridized carbons (Fsp3) is 0.632. The quantitative estimate of drug-likeness (QED) is 0.879. The molecule has 5 rings (SSSR count). The zero-order valence-corrected chi connectivity index (χ0v) is 13.6. The van der Waals surface area contributed by atoms with Gasteiger partial charge in [0.1, 0.15) is 5.75 Å². The second kappa shape index (κ2) is 6.01. The van der Waals surface area contributed by atoms with Gasteiger partial charge in [-0.05, 0) is 62.3 Å². The third-order valence-corrected chi connectivity index (χ3v) is 6.15. The first-order valence-electron chi connectivity index (χ1n) is 8.85. The van der Waals surface area contributed by atoms with Gasteiger partial charge in [-0.15, -0.1) is 0 Å². The molecule has 5 heteroatoms. The zero-order chi connectivity index (χ0) is 16.7. The van der Waals surface area contributed by atoms with Crippen molar-refractivity contribution in [2.75, 3.05) is 0 Å². The summed E-state index contributed by atoms with van der Waals surface area (Å²) < 4.78 is 29.5. The van der Waals surface area contributed by atoms with Gasteiger partial charge in [-0.2, -0.15) is 8.78 Å². The molecule has 4 aliphatic rings. The molecule has 1 amide bonds. The summed E-state index contributed by atoms with van der Waals surface area (Å²) >= 11 is 0. The lowest BCUT2D eigenvalue weighted by atomic mass is 9.49. The molecule has 0 radical (unpaired) electrons. The summed E-state index contributed by atoms with van der Waals surface area (Å²) in [5.41, 5.74) is 0.378. The minimum atomic E-state index is -2.86. The predicted molar refractivity (Wildman–Crippen MR) is 85.5 cm³/mol. The van der Waals surface area contributed by atoms with Crippen LogP contribution < -0.4 is 10.1 Å². The van der Waals surface area contributed by atoms with E-state index < -0.39 is 6.61 Å². The number of hydrogen-bond acceptors (Lipinski definition) is 2. The van der Waals surface area contributed by atoms with Crippen LogP contribution in [0.2, 0.25) is 0 Å². The maximum absolute atomic E-state index is 12.9. The molecule has 0 aliphatic heterocycles. The van der Waals surface area contributed by atoms with Crippen LogP contribution in [0.5, 0.6) is 5.75 Å². The Labute approximate surface area is 140 Å². The van der Waals surface area contributed by atoms with Crippen molar-refractivity contribution in [3.05, 3.63) is 29.8 Å². The second-order valence-electron chi connectivity index (χ2n) is 7.87. The molecule has 0 spiro atoms. The van der Waals surface area contributed by atoms with Gasteiger partial charge in [0.25, 0.3) is 0 Å². The first-order valence-corrected chi connectivity index (χ1v) is 8.85. The van der Waals surface area contributed by atoms with Gasteiger partial charge in [0.2, 0.25) is 5.91 Å². The molecule has 24 heavy (non-hydrogen) atoms. The van der Waals surface area contributed by atoms with Crippen LogP contribution in [0.25, 0.3) is 0 Å². The van der Waals surface area contributed by atoms with Gasteiger partial charge >= 0.3 is 6.61 Å². The Balaban J connectivity index is 1.44. The molecule has 1 N–H and O–H groups in total. The van der Waals surface area contributed by atoms with Gasteiger partial charge in [-0.1, -0.05) is 18.2 Å². The highest BCUT2D eigenvalue weighted by molar-refractivity contribution is 5.83. The summed E-state index contributed by atoms with van der Waals surface area (Å²) in [6.07, 6.45) is 6.87. The smallest absolute Gasteiger partial charge is 0.387 e. The van der Waals surface area contributed by atoms with Crippen molar-refractivity contribution >= 4 is 5.91 Å². The van der Waals surface area contributed by atoms with Gasteiger partial charge in [-0.3, -0.25) is 4.79 Å². The van der Waals surface area contributed by atoms with Gasteiger partial charge in [0.15, 0.2) is 0 Å². The largest absolute Gasteiger partial charge is 0.434 e. The van der Waals surface area contributed by atoms with E-state index in [0.717, 1.165) is 19.3 Å². The fourth-order valence-corrected chi connectivity index (χ4v) is 5.61. The number of rotatable bonds is 5. The van der Waals surface area contributed by atoms with Crippen LogP contribution in [0.3, 0.4) is 0 Å². The van der Waals surface area contributed by atoms with E-state index >= 15 is 0 Å². The minimum absolute atomic E-state index is 0.105. The molecule has 4 fully saturated rings. The summed E-state index contributed by atoms with van der Waals surface area (Å²) in [7, 11) is 0. The molecule has 0 heterocycles. The van der Waals surface area contributed by atoms with Crippen LogP contribution in [0.4, 0.5) is 8.78 Å². The zero-order valence-electron chi connectivity index (χ0n) is 13.6. The second-order valence-corrected chi connectivity index (χ2v) is 7.87. The summed E-state index contributed by atoms with van der Waals surface area (Å²) in [6, 6.07) is 6.66. The number of amides is 1. The molecule has 4 saturated carbocycles. The van der Waals surface area contributed by atoms with E-state index in [1.54, 1.807) is 18.2 Å². The number of halogens is 2. The molecular formula is C19H23F2NO2. The van der Waals surface area contributed by atoms with E-state index in [0.29, 0.717) is 23.3 Å². The van der Waals surface area contributed by atoms with Crippen LogP contribution in [-0.2, 0) is 11.3 Å². The van der Waals surface area contributed by atoms with Crippen molar-refractivity contribution in [1.82, 2.24) is 5.32 Å². The highest BCUT2D eigenvalue weighted by Crippen LogP contribution is 2.60. The Hall–Kier alpha value is -1.65. The SMILES string of the molecule is O=C(NCc1ccccc1OC(F)F)C12CC3CC(CC(C3)C1)C2. The molecule has 1 aromatic rings. The first-order chi connectivity index (χ1) is 11.5. The average molecular weight is 335 g/mol. The third-order valence-electron chi connectivity index (χ3n) is 6.15. The van der Waals surface area contributed by atoms with Crippen LogP contribution in [0.15, 0.2) is 24.3 Å². The van der Waals surface area contributed by atoms with Crippen molar-refractivity contribution in [3.63, 3.8) is 0 Å². The molecule has 0 atom stereocenters. The van der Waals surface area contributed by atoms with Crippen molar-refractivity contribution in [3.8, 4) is 5.75 Å². The standard InChI is InChI=1S/C19H23F2NO2/c20-18(21)24-16-4-2-1-3-15(16)11-22-17(23)19-8-12-5-13(9-19)7-14(6-12)10-19/h1-4,12-14,18H,5-11H2,(H,22,23). The number of ether oxygens (including phenoxy) is 1. The van der Waals surface area contributed by atoms with Crippen molar-refractivity contribution < 1.29 is 18.3 Å².